The van der Waals surface area contributed by atoms with Gasteiger partial charge in [0.25, 0.3) is 0 Å². The maximum absolute atomic E-state index is 13.8. The summed E-state index contributed by atoms with van der Waals surface area (Å²) in [5.74, 6) is 0.541. The van der Waals surface area contributed by atoms with Crippen molar-refractivity contribution >= 4 is 11.6 Å². The van der Waals surface area contributed by atoms with E-state index in [1.54, 1.807) is 25.3 Å². The summed E-state index contributed by atoms with van der Waals surface area (Å²) < 4.78 is 19.1. The lowest BCUT2D eigenvalue weighted by Crippen LogP contribution is -2.20. The molecule has 0 bridgehead atoms. The van der Waals surface area contributed by atoms with Crippen molar-refractivity contribution < 1.29 is 9.13 Å². The van der Waals surface area contributed by atoms with Gasteiger partial charge >= 0.3 is 0 Å². The van der Waals surface area contributed by atoms with E-state index in [-0.39, 0.29) is 11.9 Å². The molecule has 2 aromatic carbocycles. The highest BCUT2D eigenvalue weighted by Gasteiger charge is 2.17. The summed E-state index contributed by atoms with van der Waals surface area (Å²) >= 11 is 6.05. The van der Waals surface area contributed by atoms with Crippen LogP contribution in [0.25, 0.3) is 0 Å². The molecule has 20 heavy (non-hydrogen) atoms. The van der Waals surface area contributed by atoms with Gasteiger partial charge in [0.05, 0.1) is 7.11 Å². The average molecular weight is 294 g/mol. The Morgan fingerprint density at radius 2 is 2.00 bits per heavy atom. The molecule has 0 aliphatic rings. The molecule has 1 N–H and O–H groups in total. The fourth-order valence-electron chi connectivity index (χ4n) is 2.23. The topological polar surface area (TPSA) is 21.3 Å². The first-order valence-corrected chi connectivity index (χ1v) is 6.77. The van der Waals surface area contributed by atoms with E-state index in [1.165, 1.54) is 6.07 Å². The van der Waals surface area contributed by atoms with Crippen LogP contribution < -0.4 is 10.1 Å². The summed E-state index contributed by atoms with van der Waals surface area (Å²) in [5.41, 5.74) is 1.58. The Labute approximate surface area is 123 Å². The average Bonchev–Trinajstić information content (AvgIpc) is 2.46. The Balaban J connectivity index is 2.33. The van der Waals surface area contributed by atoms with E-state index in [0.717, 1.165) is 11.3 Å². The number of ether oxygens (including phenoxy) is 1. The predicted octanol–water partition coefficient (Wildman–Crippen LogP) is 3.99. The van der Waals surface area contributed by atoms with Crippen LogP contribution in [0.1, 0.15) is 17.2 Å². The van der Waals surface area contributed by atoms with Gasteiger partial charge in [0.15, 0.2) is 0 Å². The van der Waals surface area contributed by atoms with Gasteiger partial charge in [0, 0.05) is 16.6 Å². The number of rotatable bonds is 5. The van der Waals surface area contributed by atoms with Gasteiger partial charge in [-0.25, -0.2) is 4.39 Å². The molecule has 4 heteroatoms. The molecule has 2 rings (SSSR count). The van der Waals surface area contributed by atoms with Gasteiger partial charge in [-0.3, -0.25) is 0 Å². The molecule has 0 aliphatic carbocycles. The highest BCUT2D eigenvalue weighted by molar-refractivity contribution is 6.30. The predicted molar refractivity (Wildman–Crippen MR) is 79.9 cm³/mol. The molecule has 0 spiro atoms. The van der Waals surface area contributed by atoms with Crippen LogP contribution in [0.15, 0.2) is 42.5 Å². The minimum absolute atomic E-state index is 0.0689. The molecule has 0 amide bonds. The van der Waals surface area contributed by atoms with Crippen molar-refractivity contribution in [2.75, 3.05) is 14.2 Å². The lowest BCUT2D eigenvalue weighted by Gasteiger charge is -2.20. The molecule has 2 aromatic rings. The number of likely N-dealkylation sites (N-methyl/N-ethyl adjacent to an activating group) is 1. The second kappa shape index (κ2) is 6.73. The van der Waals surface area contributed by atoms with Crippen molar-refractivity contribution in [2.24, 2.45) is 0 Å². The molecule has 106 valence electrons. The van der Waals surface area contributed by atoms with Gasteiger partial charge in [0.2, 0.25) is 0 Å². The number of hydrogen-bond donors (Lipinski definition) is 1. The third-order valence-corrected chi connectivity index (χ3v) is 3.53. The summed E-state index contributed by atoms with van der Waals surface area (Å²) in [6.45, 7) is 0. The molecule has 0 aliphatic heterocycles. The third-order valence-electron chi connectivity index (χ3n) is 3.30. The van der Waals surface area contributed by atoms with E-state index in [2.05, 4.69) is 5.32 Å². The Morgan fingerprint density at radius 3 is 2.65 bits per heavy atom. The molecule has 1 unspecified atom stereocenters. The number of nitrogens with one attached hydrogen (secondary N) is 1. The zero-order chi connectivity index (χ0) is 14.5. The fourth-order valence-corrected chi connectivity index (χ4v) is 2.41. The lowest BCUT2D eigenvalue weighted by atomic mass is 9.98. The van der Waals surface area contributed by atoms with Crippen LogP contribution >= 0.6 is 11.6 Å². The zero-order valence-electron chi connectivity index (χ0n) is 11.5. The van der Waals surface area contributed by atoms with E-state index in [4.69, 9.17) is 16.3 Å². The standard InChI is InChI=1S/C16H17ClFNO/c1-19-15(9-11-5-3-4-6-14(11)18)13-10-12(17)7-8-16(13)20-2/h3-8,10,15,19H,9H2,1-2H3. The first kappa shape index (κ1) is 14.8. The van der Waals surface area contributed by atoms with Crippen molar-refractivity contribution in [1.82, 2.24) is 5.32 Å². The molecule has 0 heterocycles. The van der Waals surface area contributed by atoms with Crippen LogP contribution in [-0.2, 0) is 6.42 Å². The summed E-state index contributed by atoms with van der Waals surface area (Å²) in [4.78, 5) is 0. The molecule has 1 atom stereocenters. The monoisotopic (exact) mass is 293 g/mol. The number of hydrogen-bond acceptors (Lipinski definition) is 2. The molecular weight excluding hydrogens is 277 g/mol. The molecule has 0 saturated heterocycles. The maximum Gasteiger partial charge on any atom is 0.126 e. The fraction of sp³-hybridized carbons (Fsp3) is 0.250. The lowest BCUT2D eigenvalue weighted by molar-refractivity contribution is 0.400. The largest absolute Gasteiger partial charge is 0.496 e. The highest BCUT2D eigenvalue weighted by atomic mass is 35.5. The van der Waals surface area contributed by atoms with Crippen molar-refractivity contribution in [1.29, 1.82) is 0 Å². The van der Waals surface area contributed by atoms with Gasteiger partial charge in [-0.05, 0) is 43.3 Å². The summed E-state index contributed by atoms with van der Waals surface area (Å²) in [5, 5.41) is 3.82. The van der Waals surface area contributed by atoms with E-state index in [1.807, 2.05) is 25.2 Å². The van der Waals surface area contributed by atoms with E-state index in [9.17, 15) is 4.39 Å². The number of benzene rings is 2. The minimum Gasteiger partial charge on any atom is -0.496 e. The molecular formula is C16H17ClFNO. The van der Waals surface area contributed by atoms with Gasteiger partial charge in [-0.2, -0.15) is 0 Å². The first-order valence-electron chi connectivity index (χ1n) is 6.39. The normalized spacial score (nSPS) is 12.2. The number of methoxy groups -OCH3 is 1. The van der Waals surface area contributed by atoms with Crippen molar-refractivity contribution in [2.45, 2.75) is 12.5 Å². The van der Waals surface area contributed by atoms with Crippen molar-refractivity contribution in [3.8, 4) is 5.75 Å². The molecule has 0 radical (unpaired) electrons. The molecule has 0 saturated carbocycles. The summed E-state index contributed by atoms with van der Waals surface area (Å²) in [6.07, 6.45) is 0.528. The van der Waals surface area contributed by atoms with Crippen LogP contribution in [0.2, 0.25) is 5.02 Å². The quantitative estimate of drug-likeness (QED) is 0.900. The van der Waals surface area contributed by atoms with Gasteiger partial charge < -0.3 is 10.1 Å². The Kier molecular flexibility index (Phi) is 4.99. The minimum atomic E-state index is -0.200. The number of halogens is 2. The smallest absolute Gasteiger partial charge is 0.126 e. The third kappa shape index (κ3) is 3.30. The second-order valence-corrected chi connectivity index (χ2v) is 4.96. The van der Waals surface area contributed by atoms with Crippen molar-refractivity contribution in [3.05, 3.63) is 64.4 Å². The SMILES string of the molecule is CNC(Cc1ccccc1F)c1cc(Cl)ccc1OC. The van der Waals surface area contributed by atoms with E-state index in [0.29, 0.717) is 17.0 Å². The van der Waals surface area contributed by atoms with E-state index < -0.39 is 0 Å². The Morgan fingerprint density at radius 1 is 1.25 bits per heavy atom. The van der Waals surface area contributed by atoms with Crippen LogP contribution in [-0.4, -0.2) is 14.2 Å². The molecule has 0 fully saturated rings. The van der Waals surface area contributed by atoms with Crippen LogP contribution in [0.5, 0.6) is 5.75 Å². The Bertz CT molecular complexity index is 588. The summed E-state index contributed by atoms with van der Waals surface area (Å²) in [7, 11) is 3.45. The van der Waals surface area contributed by atoms with Gasteiger partial charge in [0.1, 0.15) is 11.6 Å². The van der Waals surface area contributed by atoms with Crippen LogP contribution in [0.3, 0.4) is 0 Å². The maximum atomic E-state index is 13.8. The highest BCUT2D eigenvalue weighted by Crippen LogP contribution is 2.30. The van der Waals surface area contributed by atoms with Gasteiger partial charge in [-0.15, -0.1) is 0 Å². The van der Waals surface area contributed by atoms with Gasteiger partial charge in [-0.1, -0.05) is 29.8 Å². The van der Waals surface area contributed by atoms with Crippen LogP contribution in [0, 0.1) is 5.82 Å². The molecule has 2 nitrogen and oxygen atoms in total. The summed E-state index contributed by atoms with van der Waals surface area (Å²) in [6, 6.07) is 12.2. The second-order valence-electron chi connectivity index (χ2n) is 4.52. The van der Waals surface area contributed by atoms with Crippen LogP contribution in [0.4, 0.5) is 4.39 Å². The zero-order valence-corrected chi connectivity index (χ0v) is 12.2. The molecule has 0 aromatic heterocycles. The van der Waals surface area contributed by atoms with E-state index >= 15 is 0 Å². The van der Waals surface area contributed by atoms with Crippen molar-refractivity contribution in [3.63, 3.8) is 0 Å². The Hall–Kier alpha value is -1.58. The first-order chi connectivity index (χ1) is 9.65.